The van der Waals surface area contributed by atoms with Crippen molar-refractivity contribution in [1.82, 2.24) is 19.7 Å². The van der Waals surface area contributed by atoms with Crippen LogP contribution in [-0.2, 0) is 17.1 Å². The fourth-order valence-corrected chi connectivity index (χ4v) is 5.89. The SMILES string of the molecule is CCn1c(SCc2csc(N(C(C)=O)c3c(C)cc(C)cc3C)n2)nnc1-c1ccoc1C. The average Bonchev–Trinajstić information content (AvgIpc) is 3.47. The molecule has 0 N–H and O–H groups in total. The molecule has 0 atom stereocenters. The second kappa shape index (κ2) is 9.52. The summed E-state index contributed by atoms with van der Waals surface area (Å²) in [5, 5.41) is 12.3. The third-order valence-corrected chi connectivity index (χ3v) is 7.26. The summed E-state index contributed by atoms with van der Waals surface area (Å²) in [6.45, 7) is 12.5. The number of rotatable bonds is 7. The fraction of sp³-hybridized carbons (Fsp3) is 0.333. The molecular weight excluding hydrogens is 454 g/mol. The number of furan rings is 1. The molecule has 3 heterocycles. The lowest BCUT2D eigenvalue weighted by atomic mass is 10.0. The predicted molar refractivity (Wildman–Crippen MR) is 133 cm³/mol. The molecule has 0 fully saturated rings. The second-order valence-corrected chi connectivity index (χ2v) is 9.73. The molecule has 0 radical (unpaired) electrons. The van der Waals surface area contributed by atoms with E-state index in [-0.39, 0.29) is 5.91 Å². The molecule has 172 valence electrons. The van der Waals surface area contributed by atoms with E-state index in [1.165, 1.54) is 16.9 Å². The fourth-order valence-electron chi connectivity index (χ4n) is 4.01. The summed E-state index contributed by atoms with van der Waals surface area (Å²) in [5.74, 6) is 2.21. The monoisotopic (exact) mass is 481 g/mol. The molecule has 4 aromatic rings. The molecule has 0 unspecified atom stereocenters. The summed E-state index contributed by atoms with van der Waals surface area (Å²) >= 11 is 3.06. The molecule has 0 saturated heterocycles. The number of thioether (sulfide) groups is 1. The Labute approximate surface area is 201 Å². The molecular formula is C24H27N5O2S2. The smallest absolute Gasteiger partial charge is 0.230 e. The van der Waals surface area contributed by atoms with Crippen LogP contribution in [-0.4, -0.2) is 25.7 Å². The molecule has 3 aromatic heterocycles. The van der Waals surface area contributed by atoms with Crippen molar-refractivity contribution in [3.63, 3.8) is 0 Å². The zero-order chi connectivity index (χ0) is 23.7. The Morgan fingerprint density at radius 2 is 1.91 bits per heavy atom. The zero-order valence-electron chi connectivity index (χ0n) is 19.7. The maximum Gasteiger partial charge on any atom is 0.230 e. The van der Waals surface area contributed by atoms with Gasteiger partial charge in [0.25, 0.3) is 0 Å². The van der Waals surface area contributed by atoms with Gasteiger partial charge in [0.1, 0.15) is 5.76 Å². The van der Waals surface area contributed by atoms with E-state index in [0.29, 0.717) is 10.9 Å². The minimum absolute atomic E-state index is 0.0514. The Bertz CT molecular complexity index is 1280. The van der Waals surface area contributed by atoms with Crippen LogP contribution in [0.1, 0.15) is 42.0 Å². The standard InChI is InChI=1S/C24H27N5O2S2/c1-7-28-22(20-8-9-31-17(20)5)26-27-24(28)33-13-19-12-32-23(25-19)29(18(6)30)21-15(3)10-14(2)11-16(21)4/h8-12H,7,13H2,1-6H3. The van der Waals surface area contributed by atoms with Gasteiger partial charge in [-0.3, -0.25) is 9.69 Å². The van der Waals surface area contributed by atoms with Crippen molar-refractivity contribution in [2.24, 2.45) is 0 Å². The van der Waals surface area contributed by atoms with Crippen LogP contribution in [0.3, 0.4) is 0 Å². The van der Waals surface area contributed by atoms with Gasteiger partial charge in [-0.1, -0.05) is 29.5 Å². The van der Waals surface area contributed by atoms with Gasteiger partial charge < -0.3 is 8.98 Å². The van der Waals surface area contributed by atoms with Crippen LogP contribution < -0.4 is 4.90 Å². The van der Waals surface area contributed by atoms with Crippen molar-refractivity contribution in [3.8, 4) is 11.4 Å². The van der Waals surface area contributed by atoms with Gasteiger partial charge in [-0.2, -0.15) is 0 Å². The molecule has 0 spiro atoms. The number of anilines is 2. The van der Waals surface area contributed by atoms with Crippen LogP contribution in [0.15, 0.2) is 39.4 Å². The van der Waals surface area contributed by atoms with Gasteiger partial charge in [-0.05, 0) is 51.8 Å². The Morgan fingerprint density at radius 1 is 1.18 bits per heavy atom. The predicted octanol–water partition coefficient (Wildman–Crippen LogP) is 6.23. The maximum absolute atomic E-state index is 12.6. The van der Waals surface area contributed by atoms with Crippen molar-refractivity contribution in [3.05, 3.63) is 58.0 Å². The number of aryl methyl sites for hydroxylation is 4. The Morgan fingerprint density at radius 3 is 2.52 bits per heavy atom. The number of amides is 1. The molecule has 1 aromatic carbocycles. The van der Waals surface area contributed by atoms with E-state index >= 15 is 0 Å². The summed E-state index contributed by atoms with van der Waals surface area (Å²) < 4.78 is 7.51. The van der Waals surface area contributed by atoms with E-state index in [9.17, 15) is 4.79 Å². The van der Waals surface area contributed by atoms with Crippen LogP contribution in [0.4, 0.5) is 10.8 Å². The average molecular weight is 482 g/mol. The summed E-state index contributed by atoms with van der Waals surface area (Å²) in [6.07, 6.45) is 1.67. The Kier molecular flexibility index (Phi) is 6.71. The van der Waals surface area contributed by atoms with E-state index in [2.05, 4.69) is 40.7 Å². The van der Waals surface area contributed by atoms with E-state index in [1.807, 2.05) is 32.2 Å². The number of aromatic nitrogens is 4. The minimum Gasteiger partial charge on any atom is -0.469 e. The first-order valence-electron chi connectivity index (χ1n) is 10.7. The number of nitrogens with zero attached hydrogens (tertiary/aromatic N) is 5. The molecule has 0 saturated carbocycles. The number of carbonyl (C=O) groups excluding carboxylic acids is 1. The lowest BCUT2D eigenvalue weighted by Gasteiger charge is -2.23. The van der Waals surface area contributed by atoms with E-state index in [1.54, 1.807) is 29.8 Å². The van der Waals surface area contributed by atoms with Crippen LogP contribution >= 0.6 is 23.1 Å². The van der Waals surface area contributed by atoms with Crippen molar-refractivity contribution in [2.75, 3.05) is 4.90 Å². The summed E-state index contributed by atoms with van der Waals surface area (Å²) in [4.78, 5) is 19.1. The van der Waals surface area contributed by atoms with Gasteiger partial charge in [-0.15, -0.1) is 21.5 Å². The number of thiazole rings is 1. The Hall–Kier alpha value is -2.91. The summed E-state index contributed by atoms with van der Waals surface area (Å²) in [7, 11) is 0. The Balaban J connectivity index is 1.57. The van der Waals surface area contributed by atoms with Crippen LogP contribution in [0.5, 0.6) is 0 Å². The number of benzene rings is 1. The third kappa shape index (κ3) is 4.60. The number of hydrogen-bond acceptors (Lipinski definition) is 7. The van der Waals surface area contributed by atoms with Gasteiger partial charge in [0.2, 0.25) is 5.91 Å². The second-order valence-electron chi connectivity index (χ2n) is 7.95. The van der Waals surface area contributed by atoms with Gasteiger partial charge in [0.15, 0.2) is 16.1 Å². The minimum atomic E-state index is -0.0514. The highest BCUT2D eigenvalue weighted by Gasteiger charge is 2.22. The van der Waals surface area contributed by atoms with E-state index < -0.39 is 0 Å². The molecule has 7 nitrogen and oxygen atoms in total. The maximum atomic E-state index is 12.6. The molecule has 1 amide bonds. The first kappa shape index (κ1) is 23.3. The number of hydrogen-bond donors (Lipinski definition) is 0. The van der Waals surface area contributed by atoms with Crippen LogP contribution in [0.25, 0.3) is 11.4 Å². The van der Waals surface area contributed by atoms with Gasteiger partial charge in [0, 0.05) is 24.6 Å². The molecule has 0 aliphatic heterocycles. The normalized spacial score (nSPS) is 11.2. The zero-order valence-corrected chi connectivity index (χ0v) is 21.3. The van der Waals surface area contributed by atoms with E-state index in [4.69, 9.17) is 9.40 Å². The van der Waals surface area contributed by atoms with Gasteiger partial charge >= 0.3 is 0 Å². The molecule has 33 heavy (non-hydrogen) atoms. The summed E-state index contributed by atoms with van der Waals surface area (Å²) in [5.41, 5.74) is 6.07. The van der Waals surface area contributed by atoms with Gasteiger partial charge in [-0.25, -0.2) is 4.98 Å². The first-order chi connectivity index (χ1) is 15.8. The van der Waals surface area contributed by atoms with Crippen LogP contribution in [0, 0.1) is 27.7 Å². The number of carbonyl (C=O) groups is 1. The molecule has 9 heteroatoms. The highest BCUT2D eigenvalue weighted by Crippen LogP contribution is 2.36. The highest BCUT2D eigenvalue weighted by molar-refractivity contribution is 7.98. The van der Waals surface area contributed by atoms with E-state index in [0.717, 1.165) is 51.4 Å². The molecule has 0 aliphatic carbocycles. The third-order valence-electron chi connectivity index (χ3n) is 5.39. The van der Waals surface area contributed by atoms with Gasteiger partial charge in [0.05, 0.1) is 23.2 Å². The molecule has 0 bridgehead atoms. The van der Waals surface area contributed by atoms with Crippen molar-refractivity contribution in [2.45, 2.75) is 59.0 Å². The van der Waals surface area contributed by atoms with Crippen molar-refractivity contribution in [1.29, 1.82) is 0 Å². The topological polar surface area (TPSA) is 77.1 Å². The molecule has 4 rings (SSSR count). The largest absolute Gasteiger partial charge is 0.469 e. The highest BCUT2D eigenvalue weighted by atomic mass is 32.2. The first-order valence-corrected chi connectivity index (χ1v) is 12.6. The van der Waals surface area contributed by atoms with Crippen LogP contribution in [0.2, 0.25) is 0 Å². The summed E-state index contributed by atoms with van der Waals surface area (Å²) in [6, 6.07) is 6.11. The molecule has 0 aliphatic rings. The van der Waals surface area contributed by atoms with Crippen molar-refractivity contribution < 1.29 is 9.21 Å². The quantitative estimate of drug-likeness (QED) is 0.291. The van der Waals surface area contributed by atoms with Crippen molar-refractivity contribution >= 4 is 39.8 Å². The lowest BCUT2D eigenvalue weighted by molar-refractivity contribution is -0.115. The lowest BCUT2D eigenvalue weighted by Crippen LogP contribution is -2.24.